The average molecular weight is 269 g/mol. The molecule has 1 aliphatic rings. The maximum atomic E-state index is 8.57. The topological polar surface area (TPSA) is 80.7 Å². The summed E-state index contributed by atoms with van der Waals surface area (Å²) in [4.78, 5) is 5.50. The number of oxime groups is 1. The molecule has 0 atom stereocenters. The van der Waals surface area contributed by atoms with Crippen LogP contribution in [0.4, 0.5) is 0 Å². The third-order valence-corrected chi connectivity index (χ3v) is 4.36. The van der Waals surface area contributed by atoms with Crippen LogP contribution in [0.2, 0.25) is 0 Å². The molecule has 6 heteroatoms. The molecule has 1 aliphatic carbocycles. The molecule has 1 aromatic rings. The standard InChI is InChI=1S/C12H19N3O2S/c1-9-10(18-8-14-9)2-5-17-7-12(3-4-12)6-11(13)15-16/h8,16H,2-7H2,1H3,(H2,13,15). The lowest BCUT2D eigenvalue weighted by molar-refractivity contribution is 0.0948. The summed E-state index contributed by atoms with van der Waals surface area (Å²) >= 11 is 1.67. The van der Waals surface area contributed by atoms with Crippen LogP contribution in [0.5, 0.6) is 0 Å². The van der Waals surface area contributed by atoms with Gasteiger partial charge in [0.2, 0.25) is 0 Å². The predicted octanol–water partition coefficient (Wildman–Crippen LogP) is 1.93. The molecular weight excluding hydrogens is 250 g/mol. The number of ether oxygens (including phenoxy) is 1. The van der Waals surface area contributed by atoms with E-state index in [4.69, 9.17) is 15.7 Å². The highest BCUT2D eigenvalue weighted by Gasteiger charge is 2.43. The van der Waals surface area contributed by atoms with Crippen molar-refractivity contribution in [3.63, 3.8) is 0 Å². The number of amidine groups is 1. The van der Waals surface area contributed by atoms with Crippen LogP contribution < -0.4 is 5.73 Å². The molecule has 0 aromatic carbocycles. The normalized spacial score (nSPS) is 17.9. The summed E-state index contributed by atoms with van der Waals surface area (Å²) in [5, 5.41) is 11.6. The molecule has 0 amide bonds. The maximum absolute atomic E-state index is 8.57. The molecule has 18 heavy (non-hydrogen) atoms. The Kier molecular flexibility index (Phi) is 4.19. The van der Waals surface area contributed by atoms with Crippen molar-refractivity contribution in [3.8, 4) is 0 Å². The van der Waals surface area contributed by atoms with Crippen molar-refractivity contribution in [2.24, 2.45) is 16.3 Å². The Hall–Kier alpha value is -1.14. The lowest BCUT2D eigenvalue weighted by Crippen LogP contribution is -2.22. The minimum Gasteiger partial charge on any atom is -0.409 e. The molecule has 0 radical (unpaired) electrons. The van der Waals surface area contributed by atoms with Gasteiger partial charge in [-0.1, -0.05) is 5.16 Å². The van der Waals surface area contributed by atoms with E-state index in [-0.39, 0.29) is 5.41 Å². The first-order valence-corrected chi connectivity index (χ1v) is 6.96. The smallest absolute Gasteiger partial charge is 0.139 e. The summed E-state index contributed by atoms with van der Waals surface area (Å²) in [6.07, 6.45) is 3.74. The van der Waals surface area contributed by atoms with Gasteiger partial charge in [0, 0.05) is 23.1 Å². The van der Waals surface area contributed by atoms with Crippen LogP contribution in [0.15, 0.2) is 10.7 Å². The van der Waals surface area contributed by atoms with Gasteiger partial charge >= 0.3 is 0 Å². The molecule has 0 aliphatic heterocycles. The molecule has 0 spiro atoms. The lowest BCUT2D eigenvalue weighted by Gasteiger charge is -2.14. The molecule has 0 unspecified atom stereocenters. The third-order valence-electron chi connectivity index (χ3n) is 3.37. The highest BCUT2D eigenvalue weighted by molar-refractivity contribution is 7.09. The number of rotatable bonds is 7. The van der Waals surface area contributed by atoms with Crippen LogP contribution in [0.1, 0.15) is 29.8 Å². The Balaban J connectivity index is 1.68. The van der Waals surface area contributed by atoms with Gasteiger partial charge < -0.3 is 15.7 Å². The van der Waals surface area contributed by atoms with Crippen molar-refractivity contribution in [2.45, 2.75) is 32.6 Å². The van der Waals surface area contributed by atoms with Gasteiger partial charge in [0.1, 0.15) is 5.84 Å². The van der Waals surface area contributed by atoms with Gasteiger partial charge in [-0.25, -0.2) is 4.98 Å². The van der Waals surface area contributed by atoms with Crippen molar-refractivity contribution >= 4 is 17.2 Å². The van der Waals surface area contributed by atoms with Crippen LogP contribution >= 0.6 is 11.3 Å². The van der Waals surface area contributed by atoms with Gasteiger partial charge in [-0.05, 0) is 19.8 Å². The number of aromatic nitrogens is 1. The van der Waals surface area contributed by atoms with Crippen molar-refractivity contribution in [2.75, 3.05) is 13.2 Å². The van der Waals surface area contributed by atoms with Gasteiger partial charge in [-0.2, -0.15) is 0 Å². The fraction of sp³-hybridized carbons (Fsp3) is 0.667. The predicted molar refractivity (Wildman–Crippen MR) is 71.1 cm³/mol. The summed E-state index contributed by atoms with van der Waals surface area (Å²) in [5.74, 6) is 0.300. The Morgan fingerprint density at radius 3 is 3.00 bits per heavy atom. The fourth-order valence-corrected chi connectivity index (χ4v) is 2.75. The van der Waals surface area contributed by atoms with Gasteiger partial charge in [0.15, 0.2) is 0 Å². The monoisotopic (exact) mass is 269 g/mol. The van der Waals surface area contributed by atoms with Crippen molar-refractivity contribution in [1.29, 1.82) is 0 Å². The molecular formula is C12H19N3O2S. The number of nitrogens with zero attached hydrogens (tertiary/aromatic N) is 2. The van der Waals surface area contributed by atoms with E-state index in [0.29, 0.717) is 25.5 Å². The minimum atomic E-state index is 0.124. The van der Waals surface area contributed by atoms with Gasteiger partial charge in [0.05, 0.1) is 24.4 Å². The lowest BCUT2D eigenvalue weighted by atomic mass is 10.0. The Labute approximate surface area is 111 Å². The van der Waals surface area contributed by atoms with E-state index in [0.717, 1.165) is 25.0 Å². The average Bonchev–Trinajstić information content (AvgIpc) is 3.00. The van der Waals surface area contributed by atoms with Crippen molar-refractivity contribution in [3.05, 3.63) is 16.1 Å². The quantitative estimate of drug-likeness (QED) is 0.260. The van der Waals surface area contributed by atoms with E-state index in [1.807, 2.05) is 12.4 Å². The maximum Gasteiger partial charge on any atom is 0.139 e. The molecule has 5 nitrogen and oxygen atoms in total. The Morgan fingerprint density at radius 2 is 2.44 bits per heavy atom. The van der Waals surface area contributed by atoms with E-state index in [9.17, 15) is 0 Å². The van der Waals surface area contributed by atoms with Crippen LogP contribution in [-0.4, -0.2) is 29.2 Å². The van der Waals surface area contributed by atoms with Gasteiger partial charge in [0.25, 0.3) is 0 Å². The highest BCUT2D eigenvalue weighted by atomic mass is 32.1. The SMILES string of the molecule is Cc1ncsc1CCOCC1(CC(N)=NO)CC1. The van der Waals surface area contributed by atoms with Gasteiger partial charge in [-0.15, -0.1) is 11.3 Å². The molecule has 1 aromatic heterocycles. The zero-order chi connectivity index (χ0) is 13.0. The molecule has 2 rings (SSSR count). The van der Waals surface area contributed by atoms with Crippen molar-refractivity contribution in [1.82, 2.24) is 4.98 Å². The second-order valence-electron chi connectivity index (χ2n) is 4.93. The molecule has 0 saturated heterocycles. The first kappa shape index (κ1) is 13.3. The van der Waals surface area contributed by atoms with Gasteiger partial charge in [-0.3, -0.25) is 0 Å². The van der Waals surface area contributed by atoms with E-state index in [2.05, 4.69) is 10.1 Å². The molecule has 1 heterocycles. The number of aryl methyl sites for hydroxylation is 1. The minimum absolute atomic E-state index is 0.124. The molecule has 3 N–H and O–H groups in total. The molecule has 1 fully saturated rings. The van der Waals surface area contributed by atoms with E-state index >= 15 is 0 Å². The van der Waals surface area contributed by atoms with Crippen LogP contribution in [0.3, 0.4) is 0 Å². The molecule has 1 saturated carbocycles. The second-order valence-corrected chi connectivity index (χ2v) is 5.87. The van der Waals surface area contributed by atoms with Crippen LogP contribution in [-0.2, 0) is 11.2 Å². The third kappa shape index (κ3) is 3.43. The summed E-state index contributed by atoms with van der Waals surface area (Å²) in [5.41, 5.74) is 8.63. The summed E-state index contributed by atoms with van der Waals surface area (Å²) < 4.78 is 5.72. The zero-order valence-corrected chi connectivity index (χ0v) is 11.4. The van der Waals surface area contributed by atoms with Crippen LogP contribution in [0, 0.1) is 12.3 Å². The van der Waals surface area contributed by atoms with E-state index < -0.39 is 0 Å². The van der Waals surface area contributed by atoms with E-state index in [1.54, 1.807) is 11.3 Å². The van der Waals surface area contributed by atoms with Crippen LogP contribution in [0.25, 0.3) is 0 Å². The molecule has 0 bridgehead atoms. The zero-order valence-electron chi connectivity index (χ0n) is 10.6. The summed E-state index contributed by atoms with van der Waals surface area (Å²) in [6.45, 7) is 3.43. The number of thiazole rings is 1. The number of nitrogens with two attached hydrogens (primary N) is 1. The fourth-order valence-electron chi connectivity index (χ4n) is 1.99. The largest absolute Gasteiger partial charge is 0.409 e. The Morgan fingerprint density at radius 1 is 1.67 bits per heavy atom. The number of hydrogen-bond donors (Lipinski definition) is 2. The highest BCUT2D eigenvalue weighted by Crippen LogP contribution is 2.48. The summed E-state index contributed by atoms with van der Waals surface area (Å²) in [6, 6.07) is 0. The number of hydrogen-bond acceptors (Lipinski definition) is 5. The second kappa shape index (κ2) is 5.67. The first-order chi connectivity index (χ1) is 8.65. The molecule has 100 valence electrons. The van der Waals surface area contributed by atoms with E-state index in [1.165, 1.54) is 4.88 Å². The van der Waals surface area contributed by atoms with Crippen molar-refractivity contribution < 1.29 is 9.94 Å². The summed E-state index contributed by atoms with van der Waals surface area (Å²) in [7, 11) is 0. The Bertz CT molecular complexity index is 427. The first-order valence-electron chi connectivity index (χ1n) is 6.08.